The Hall–Kier alpha value is -1.39. The zero-order valence-corrected chi connectivity index (χ0v) is 13.2. The average Bonchev–Trinajstić information content (AvgIpc) is 2.47. The number of thioether (sulfide) groups is 1. The molecule has 0 bridgehead atoms. The van der Waals surface area contributed by atoms with Gasteiger partial charge >= 0.3 is 0 Å². The van der Waals surface area contributed by atoms with Crippen LogP contribution in [-0.2, 0) is 0 Å². The Morgan fingerprint density at radius 2 is 1.86 bits per heavy atom. The largest absolute Gasteiger partial charge is 0.312 e. The predicted octanol–water partition coefficient (Wildman–Crippen LogP) is 4.63. The summed E-state index contributed by atoms with van der Waals surface area (Å²) in [5.41, 5.74) is 1.90. The van der Waals surface area contributed by atoms with E-state index in [1.54, 1.807) is 37.9 Å². The summed E-state index contributed by atoms with van der Waals surface area (Å²) in [7, 11) is 1.76. The van der Waals surface area contributed by atoms with Gasteiger partial charge in [-0.05, 0) is 38.6 Å². The Morgan fingerprint density at radius 3 is 2.52 bits per heavy atom. The lowest BCUT2D eigenvalue weighted by molar-refractivity contribution is 0.479. The van der Waals surface area contributed by atoms with E-state index in [4.69, 9.17) is 0 Å². The molecule has 21 heavy (non-hydrogen) atoms. The maximum atomic E-state index is 14.1. The Balaban J connectivity index is 2.15. The summed E-state index contributed by atoms with van der Waals surface area (Å²) >= 11 is 1.63. The highest BCUT2D eigenvalue weighted by molar-refractivity contribution is 7.99. The van der Waals surface area contributed by atoms with E-state index in [0.717, 1.165) is 4.90 Å². The second-order valence-corrected chi connectivity index (χ2v) is 6.16. The lowest BCUT2D eigenvalue weighted by atomic mass is 10.1. The van der Waals surface area contributed by atoms with Gasteiger partial charge in [-0.15, -0.1) is 11.8 Å². The van der Waals surface area contributed by atoms with Gasteiger partial charge in [-0.2, -0.15) is 0 Å². The molecule has 0 heterocycles. The molecule has 0 spiro atoms. The van der Waals surface area contributed by atoms with Crippen molar-refractivity contribution in [1.29, 1.82) is 0 Å². The van der Waals surface area contributed by atoms with Crippen LogP contribution >= 0.6 is 11.8 Å². The van der Waals surface area contributed by atoms with Crippen LogP contribution in [0.5, 0.6) is 0 Å². The quantitative estimate of drug-likeness (QED) is 0.808. The van der Waals surface area contributed by atoms with Gasteiger partial charge in [-0.25, -0.2) is 8.78 Å². The monoisotopic (exact) mass is 307 g/mol. The Morgan fingerprint density at radius 1 is 1.10 bits per heavy atom. The van der Waals surface area contributed by atoms with E-state index < -0.39 is 11.6 Å². The van der Waals surface area contributed by atoms with Crippen LogP contribution in [-0.4, -0.2) is 12.8 Å². The zero-order chi connectivity index (χ0) is 15.4. The number of hydrogen-bond donors (Lipinski definition) is 1. The van der Waals surface area contributed by atoms with Gasteiger partial charge in [0.05, 0.1) is 0 Å². The van der Waals surface area contributed by atoms with Crippen LogP contribution < -0.4 is 5.32 Å². The number of nitrogens with one attached hydrogen (secondary N) is 1. The third kappa shape index (κ3) is 3.83. The van der Waals surface area contributed by atoms with Gasteiger partial charge in [-0.3, -0.25) is 0 Å². The van der Waals surface area contributed by atoms with Crippen LogP contribution in [0.2, 0.25) is 0 Å². The first kappa shape index (κ1) is 16.0. The van der Waals surface area contributed by atoms with E-state index in [1.165, 1.54) is 5.56 Å². The third-order valence-electron chi connectivity index (χ3n) is 3.44. The van der Waals surface area contributed by atoms with Crippen LogP contribution in [0.15, 0.2) is 41.3 Å². The molecule has 0 saturated heterocycles. The van der Waals surface area contributed by atoms with Gasteiger partial charge in [0.25, 0.3) is 0 Å². The molecule has 0 saturated carbocycles. The van der Waals surface area contributed by atoms with Gasteiger partial charge in [0, 0.05) is 22.3 Å². The molecule has 1 atom stereocenters. The lowest BCUT2D eigenvalue weighted by Crippen LogP contribution is -2.20. The molecule has 0 aliphatic heterocycles. The fourth-order valence-corrected chi connectivity index (χ4v) is 3.29. The second-order valence-electron chi connectivity index (χ2n) is 5.07. The molecule has 1 unspecified atom stereocenters. The molecule has 0 aliphatic carbocycles. The van der Waals surface area contributed by atoms with E-state index in [-0.39, 0.29) is 6.04 Å². The first-order chi connectivity index (χ1) is 10.0. The summed E-state index contributed by atoms with van der Waals surface area (Å²) in [5.74, 6) is -0.869. The van der Waals surface area contributed by atoms with Crippen molar-refractivity contribution in [2.24, 2.45) is 0 Å². The highest BCUT2D eigenvalue weighted by Crippen LogP contribution is 2.28. The maximum absolute atomic E-state index is 14.1. The Bertz CT molecular complexity index is 628. The molecule has 0 amide bonds. The van der Waals surface area contributed by atoms with Crippen molar-refractivity contribution < 1.29 is 8.78 Å². The lowest BCUT2D eigenvalue weighted by Gasteiger charge is -2.18. The van der Waals surface area contributed by atoms with Crippen molar-refractivity contribution in [2.75, 3.05) is 12.8 Å². The standard InChI is InChI=1S/C17H19F2NS/c1-11-5-4-6-13(9-11)21-10-15(20-3)14-8-7-12(2)16(18)17(14)19/h4-9,15,20H,10H2,1-3H3. The Labute approximate surface area is 128 Å². The highest BCUT2D eigenvalue weighted by atomic mass is 32.2. The van der Waals surface area contributed by atoms with Crippen LogP contribution in [0.3, 0.4) is 0 Å². The van der Waals surface area contributed by atoms with Crippen molar-refractivity contribution in [3.05, 3.63) is 64.7 Å². The molecule has 0 aliphatic rings. The van der Waals surface area contributed by atoms with Crippen LogP contribution in [0.1, 0.15) is 22.7 Å². The van der Waals surface area contributed by atoms with Gasteiger partial charge in [0.2, 0.25) is 0 Å². The molecule has 4 heteroatoms. The SMILES string of the molecule is CNC(CSc1cccc(C)c1)c1ccc(C)c(F)c1F. The topological polar surface area (TPSA) is 12.0 Å². The number of hydrogen-bond acceptors (Lipinski definition) is 2. The van der Waals surface area contributed by atoms with Gasteiger partial charge in [0.15, 0.2) is 11.6 Å². The minimum atomic E-state index is -0.756. The van der Waals surface area contributed by atoms with E-state index >= 15 is 0 Å². The minimum Gasteiger partial charge on any atom is -0.312 e. The number of benzene rings is 2. The molecular formula is C17H19F2NS. The second kappa shape index (κ2) is 7.05. The van der Waals surface area contributed by atoms with E-state index in [9.17, 15) is 8.78 Å². The van der Waals surface area contributed by atoms with Crippen molar-refractivity contribution in [1.82, 2.24) is 5.32 Å². The fraction of sp³-hybridized carbons (Fsp3) is 0.294. The summed E-state index contributed by atoms with van der Waals surface area (Å²) in [6.45, 7) is 3.60. The normalized spacial score (nSPS) is 12.4. The minimum absolute atomic E-state index is 0.231. The van der Waals surface area contributed by atoms with Crippen molar-refractivity contribution in [3.63, 3.8) is 0 Å². The van der Waals surface area contributed by atoms with Crippen LogP contribution in [0, 0.1) is 25.5 Å². The molecule has 112 valence electrons. The van der Waals surface area contributed by atoms with Crippen molar-refractivity contribution in [3.8, 4) is 0 Å². The fourth-order valence-electron chi connectivity index (χ4n) is 2.14. The van der Waals surface area contributed by atoms with E-state index in [0.29, 0.717) is 16.9 Å². The molecule has 1 nitrogen and oxygen atoms in total. The predicted molar refractivity (Wildman–Crippen MR) is 84.8 cm³/mol. The molecule has 2 aromatic rings. The van der Waals surface area contributed by atoms with Crippen LogP contribution in [0.25, 0.3) is 0 Å². The molecule has 2 rings (SSSR count). The summed E-state index contributed by atoms with van der Waals surface area (Å²) in [6.07, 6.45) is 0. The first-order valence-electron chi connectivity index (χ1n) is 6.84. The molecule has 0 fully saturated rings. The zero-order valence-electron chi connectivity index (χ0n) is 12.4. The maximum Gasteiger partial charge on any atom is 0.163 e. The van der Waals surface area contributed by atoms with E-state index in [2.05, 4.69) is 11.4 Å². The molecule has 1 N–H and O–H groups in total. The molecular weight excluding hydrogens is 288 g/mol. The van der Waals surface area contributed by atoms with Crippen molar-refractivity contribution >= 4 is 11.8 Å². The Kier molecular flexibility index (Phi) is 5.37. The number of aryl methyl sites for hydroxylation is 2. The molecule has 0 aromatic heterocycles. The summed E-state index contributed by atoms with van der Waals surface area (Å²) in [5, 5.41) is 3.06. The summed E-state index contributed by atoms with van der Waals surface area (Å²) < 4.78 is 27.8. The third-order valence-corrected chi connectivity index (χ3v) is 4.52. The van der Waals surface area contributed by atoms with Gasteiger partial charge in [0.1, 0.15) is 0 Å². The number of rotatable bonds is 5. The number of halogens is 2. The average molecular weight is 307 g/mol. The first-order valence-corrected chi connectivity index (χ1v) is 7.82. The van der Waals surface area contributed by atoms with Crippen molar-refractivity contribution in [2.45, 2.75) is 24.8 Å². The van der Waals surface area contributed by atoms with Crippen LogP contribution in [0.4, 0.5) is 8.78 Å². The van der Waals surface area contributed by atoms with E-state index in [1.807, 2.05) is 25.1 Å². The smallest absolute Gasteiger partial charge is 0.163 e. The highest BCUT2D eigenvalue weighted by Gasteiger charge is 2.18. The summed E-state index contributed by atoms with van der Waals surface area (Å²) in [6, 6.07) is 11.2. The molecule has 2 aromatic carbocycles. The van der Waals surface area contributed by atoms with Gasteiger partial charge < -0.3 is 5.32 Å². The molecule has 0 radical (unpaired) electrons. The van der Waals surface area contributed by atoms with Gasteiger partial charge in [-0.1, -0.05) is 29.8 Å². The summed E-state index contributed by atoms with van der Waals surface area (Å²) in [4.78, 5) is 1.13.